The first kappa shape index (κ1) is 36.6. The fourth-order valence-corrected chi connectivity index (χ4v) is 6.57. The van der Waals surface area contributed by atoms with Gasteiger partial charge in [-0.05, 0) is 59.7 Å². The second-order valence-electron chi connectivity index (χ2n) is 13.5. The molecule has 2 aliphatic rings. The Hall–Kier alpha value is -6.18. The van der Waals surface area contributed by atoms with E-state index in [1.807, 2.05) is 48.5 Å². The first-order chi connectivity index (χ1) is 25.5. The van der Waals surface area contributed by atoms with E-state index in [1.165, 1.54) is 24.3 Å². The number of amides is 2. The molecule has 2 amide bonds. The number of rotatable bonds is 12. The maximum Gasteiger partial charge on any atom is 0.269 e. The molecule has 2 fully saturated rings. The van der Waals surface area contributed by atoms with Crippen LogP contribution in [0.1, 0.15) is 25.0 Å². The number of hydrogen-bond donors (Lipinski definition) is 0. The van der Waals surface area contributed by atoms with Crippen molar-refractivity contribution in [3.05, 3.63) is 128 Å². The molecule has 0 aromatic heterocycles. The molecule has 0 N–H and O–H groups in total. The van der Waals surface area contributed by atoms with Gasteiger partial charge in [0.1, 0.15) is 11.5 Å². The zero-order chi connectivity index (χ0) is 37.5. The normalized spacial score (nSPS) is 14.8. The summed E-state index contributed by atoms with van der Waals surface area (Å²) in [4.78, 5) is 54.5. The van der Waals surface area contributed by atoms with Gasteiger partial charge in [0.25, 0.3) is 23.2 Å². The van der Waals surface area contributed by atoms with Crippen LogP contribution in [0.15, 0.2) is 97.1 Å². The van der Waals surface area contributed by atoms with Gasteiger partial charge < -0.3 is 29.1 Å². The lowest BCUT2D eigenvalue weighted by Gasteiger charge is -2.36. The summed E-state index contributed by atoms with van der Waals surface area (Å²) in [6.45, 7) is 8.79. The van der Waals surface area contributed by atoms with E-state index in [0.29, 0.717) is 63.9 Å². The van der Waals surface area contributed by atoms with Gasteiger partial charge in [0.2, 0.25) is 0 Å². The predicted molar refractivity (Wildman–Crippen MR) is 200 cm³/mol. The molecule has 0 bridgehead atoms. The van der Waals surface area contributed by atoms with E-state index in [1.54, 1.807) is 34.1 Å². The number of nitro groups is 2. The minimum Gasteiger partial charge on any atom is -0.484 e. The smallest absolute Gasteiger partial charge is 0.269 e. The Labute approximate surface area is 307 Å². The van der Waals surface area contributed by atoms with Crippen LogP contribution >= 0.6 is 0 Å². The van der Waals surface area contributed by atoms with Gasteiger partial charge in [0, 0.05) is 93.4 Å². The van der Waals surface area contributed by atoms with E-state index in [4.69, 9.17) is 9.47 Å². The lowest BCUT2D eigenvalue weighted by Crippen LogP contribution is -2.50. The maximum atomic E-state index is 12.9. The zero-order valence-corrected chi connectivity index (χ0v) is 29.8. The molecule has 4 aromatic rings. The lowest BCUT2D eigenvalue weighted by atomic mass is 9.78. The van der Waals surface area contributed by atoms with Crippen LogP contribution in [0.25, 0.3) is 0 Å². The second-order valence-corrected chi connectivity index (χ2v) is 13.5. The first-order valence-corrected chi connectivity index (χ1v) is 17.5. The van der Waals surface area contributed by atoms with Crippen molar-refractivity contribution in [2.24, 2.45) is 0 Å². The summed E-state index contributed by atoms with van der Waals surface area (Å²) < 4.78 is 11.7. The quantitative estimate of drug-likeness (QED) is 0.139. The third-order valence-corrected chi connectivity index (χ3v) is 9.99. The number of carbonyl (C=O) groups excluding carboxylic acids is 2. The van der Waals surface area contributed by atoms with E-state index in [-0.39, 0.29) is 41.8 Å². The molecule has 0 radical (unpaired) electrons. The van der Waals surface area contributed by atoms with Crippen molar-refractivity contribution in [2.45, 2.75) is 19.3 Å². The summed E-state index contributed by atoms with van der Waals surface area (Å²) in [7, 11) is 0. The molecule has 2 saturated heterocycles. The predicted octanol–water partition coefficient (Wildman–Crippen LogP) is 5.28. The minimum absolute atomic E-state index is 0.0514. The van der Waals surface area contributed by atoms with E-state index in [9.17, 15) is 29.8 Å². The third kappa shape index (κ3) is 8.83. The van der Waals surface area contributed by atoms with E-state index >= 15 is 0 Å². The number of non-ortho nitro benzene ring substituents is 2. The van der Waals surface area contributed by atoms with Gasteiger partial charge in [-0.3, -0.25) is 29.8 Å². The fraction of sp³-hybridized carbons (Fsp3) is 0.333. The van der Waals surface area contributed by atoms with Gasteiger partial charge in [0.15, 0.2) is 13.2 Å². The number of hydrogen-bond acceptors (Lipinski definition) is 10. The molecule has 14 nitrogen and oxygen atoms in total. The van der Waals surface area contributed by atoms with Crippen LogP contribution in [0.5, 0.6) is 11.5 Å². The Morgan fingerprint density at radius 2 is 0.868 bits per heavy atom. The van der Waals surface area contributed by atoms with Gasteiger partial charge in [-0.15, -0.1) is 0 Å². The topological polar surface area (TPSA) is 152 Å². The molecule has 2 aliphatic heterocycles. The number of ether oxygens (including phenoxy) is 2. The molecule has 0 saturated carbocycles. The van der Waals surface area contributed by atoms with Gasteiger partial charge in [-0.1, -0.05) is 38.1 Å². The Bertz CT molecular complexity index is 1760. The van der Waals surface area contributed by atoms with Crippen molar-refractivity contribution >= 4 is 34.6 Å². The van der Waals surface area contributed by atoms with Crippen LogP contribution in [0, 0.1) is 20.2 Å². The molecule has 0 atom stereocenters. The Morgan fingerprint density at radius 3 is 1.17 bits per heavy atom. The van der Waals surface area contributed by atoms with Gasteiger partial charge in [-0.2, -0.15) is 0 Å². The Balaban J connectivity index is 0.929. The fourth-order valence-electron chi connectivity index (χ4n) is 6.57. The first-order valence-electron chi connectivity index (χ1n) is 17.5. The highest BCUT2D eigenvalue weighted by Gasteiger charge is 2.26. The molecule has 0 unspecified atom stereocenters. The standard InChI is InChI=1S/C39H42N6O8/c1-39(2,29-3-15-35(16-4-29)52-27-37(46)42-23-19-40(20-24-42)31-7-11-33(12-8-31)44(48)49)30-5-17-36(18-6-30)53-28-38(47)43-25-21-41(22-26-43)32-9-13-34(14-10-32)45(50)51/h3-18H,19-28H2,1-2H3. The van der Waals surface area contributed by atoms with Gasteiger partial charge >= 0.3 is 0 Å². The van der Waals surface area contributed by atoms with Crippen molar-refractivity contribution in [3.8, 4) is 11.5 Å². The molecule has 53 heavy (non-hydrogen) atoms. The van der Waals surface area contributed by atoms with E-state index < -0.39 is 9.85 Å². The molecular formula is C39H42N6O8. The average molecular weight is 723 g/mol. The molecule has 4 aromatic carbocycles. The van der Waals surface area contributed by atoms with Crippen molar-refractivity contribution in [1.82, 2.24) is 9.80 Å². The number of piperazine rings is 2. The van der Waals surface area contributed by atoms with Crippen LogP contribution in [0.3, 0.4) is 0 Å². The SMILES string of the molecule is CC(C)(c1ccc(OCC(=O)N2CCN(c3ccc([N+](=O)[O-])cc3)CC2)cc1)c1ccc(OCC(=O)N2CCN(c3ccc([N+](=O)[O-])cc3)CC2)cc1. The summed E-state index contributed by atoms with van der Waals surface area (Å²) in [6.07, 6.45) is 0. The Morgan fingerprint density at radius 1 is 0.547 bits per heavy atom. The van der Waals surface area contributed by atoms with Crippen molar-refractivity contribution in [3.63, 3.8) is 0 Å². The molecule has 276 valence electrons. The summed E-state index contributed by atoms with van der Waals surface area (Å²) in [5, 5.41) is 21.9. The number of benzene rings is 4. The van der Waals surface area contributed by atoms with Gasteiger partial charge in [-0.25, -0.2) is 0 Å². The average Bonchev–Trinajstić information content (AvgIpc) is 3.19. The number of carbonyl (C=O) groups is 2. The monoisotopic (exact) mass is 722 g/mol. The number of anilines is 2. The molecule has 14 heteroatoms. The zero-order valence-electron chi connectivity index (χ0n) is 29.8. The van der Waals surface area contributed by atoms with Crippen LogP contribution in [-0.4, -0.2) is 97.0 Å². The third-order valence-electron chi connectivity index (χ3n) is 9.99. The minimum atomic E-state index is -0.419. The number of nitro benzene ring substituents is 2. The van der Waals surface area contributed by atoms with Crippen LogP contribution in [-0.2, 0) is 15.0 Å². The summed E-state index contributed by atoms with van der Waals surface area (Å²) in [5.41, 5.74) is 3.68. The van der Waals surface area contributed by atoms with Crippen molar-refractivity contribution < 1.29 is 28.9 Å². The van der Waals surface area contributed by atoms with Gasteiger partial charge in [0.05, 0.1) is 9.85 Å². The highest BCUT2D eigenvalue weighted by atomic mass is 16.6. The summed E-state index contributed by atoms with van der Waals surface area (Å²) in [5.74, 6) is 1.01. The van der Waals surface area contributed by atoms with Crippen LogP contribution in [0.4, 0.5) is 22.7 Å². The molecule has 2 heterocycles. The Kier molecular flexibility index (Phi) is 11.1. The largest absolute Gasteiger partial charge is 0.484 e. The summed E-state index contributed by atoms with van der Waals surface area (Å²) >= 11 is 0. The second kappa shape index (κ2) is 16.0. The number of nitrogens with zero attached hydrogens (tertiary/aromatic N) is 6. The summed E-state index contributed by atoms with van der Waals surface area (Å²) in [6, 6.07) is 28.3. The highest BCUT2D eigenvalue weighted by molar-refractivity contribution is 5.78. The van der Waals surface area contributed by atoms with Crippen LogP contribution < -0.4 is 19.3 Å². The van der Waals surface area contributed by atoms with Crippen molar-refractivity contribution in [2.75, 3.05) is 75.4 Å². The molecule has 6 rings (SSSR count). The van der Waals surface area contributed by atoms with E-state index in [0.717, 1.165) is 22.5 Å². The molecule has 0 spiro atoms. The van der Waals surface area contributed by atoms with Crippen molar-refractivity contribution in [1.29, 1.82) is 0 Å². The van der Waals surface area contributed by atoms with Crippen LogP contribution in [0.2, 0.25) is 0 Å². The highest BCUT2D eigenvalue weighted by Crippen LogP contribution is 2.33. The maximum absolute atomic E-state index is 12.9. The molecule has 0 aliphatic carbocycles. The van der Waals surface area contributed by atoms with E-state index in [2.05, 4.69) is 23.6 Å². The lowest BCUT2D eigenvalue weighted by molar-refractivity contribution is -0.385. The molecular weight excluding hydrogens is 680 g/mol.